The van der Waals surface area contributed by atoms with Crippen molar-refractivity contribution in [3.63, 3.8) is 0 Å². The van der Waals surface area contributed by atoms with Crippen LogP contribution in [0, 0.1) is 6.92 Å². The van der Waals surface area contributed by atoms with Gasteiger partial charge in [-0.3, -0.25) is 4.79 Å². The summed E-state index contributed by atoms with van der Waals surface area (Å²) in [4.78, 5) is 12.5. The summed E-state index contributed by atoms with van der Waals surface area (Å²) in [7, 11) is 0. The SMILES string of the molecule is Cc1c(COc2ccccc2)cccc1NC(=O)[C@H]1NCCO[C@@H]1C.Cl. The number of para-hydroxylation sites is 1. The second kappa shape index (κ2) is 9.57. The van der Waals surface area contributed by atoms with E-state index in [0.717, 1.165) is 22.6 Å². The number of rotatable bonds is 5. The quantitative estimate of drug-likeness (QED) is 0.840. The highest BCUT2D eigenvalue weighted by molar-refractivity contribution is 5.96. The largest absolute Gasteiger partial charge is 0.489 e. The van der Waals surface area contributed by atoms with Crippen LogP contribution in [-0.2, 0) is 16.1 Å². The molecule has 0 aliphatic carbocycles. The minimum atomic E-state index is -0.336. The number of nitrogens with one attached hydrogen (secondary N) is 2. The average Bonchev–Trinajstić information content (AvgIpc) is 2.63. The first-order valence-electron chi connectivity index (χ1n) is 8.57. The van der Waals surface area contributed by atoms with Gasteiger partial charge in [0.25, 0.3) is 0 Å². The molecule has 2 aromatic rings. The minimum absolute atomic E-state index is 0. The molecule has 0 bridgehead atoms. The van der Waals surface area contributed by atoms with E-state index in [9.17, 15) is 4.79 Å². The van der Waals surface area contributed by atoms with E-state index in [4.69, 9.17) is 9.47 Å². The Kier molecular flexibility index (Phi) is 7.45. The molecular weight excluding hydrogens is 352 g/mol. The fourth-order valence-electron chi connectivity index (χ4n) is 2.89. The summed E-state index contributed by atoms with van der Waals surface area (Å²) < 4.78 is 11.4. The van der Waals surface area contributed by atoms with E-state index in [1.165, 1.54) is 0 Å². The van der Waals surface area contributed by atoms with Crippen LogP contribution < -0.4 is 15.4 Å². The molecule has 1 aliphatic heterocycles. The number of ether oxygens (including phenoxy) is 2. The second-order valence-electron chi connectivity index (χ2n) is 6.19. The topological polar surface area (TPSA) is 59.6 Å². The van der Waals surface area contributed by atoms with Crippen LogP contribution in [0.25, 0.3) is 0 Å². The molecule has 3 rings (SSSR count). The lowest BCUT2D eigenvalue weighted by atomic mass is 10.1. The third-order valence-corrected chi connectivity index (χ3v) is 4.44. The Bertz CT molecular complexity index is 724. The van der Waals surface area contributed by atoms with Crippen LogP contribution in [0.2, 0.25) is 0 Å². The molecule has 1 aliphatic rings. The van der Waals surface area contributed by atoms with Crippen LogP contribution in [0.1, 0.15) is 18.1 Å². The Morgan fingerprint density at radius 3 is 2.73 bits per heavy atom. The lowest BCUT2D eigenvalue weighted by molar-refractivity contribution is -0.123. The monoisotopic (exact) mass is 376 g/mol. The van der Waals surface area contributed by atoms with Crippen molar-refractivity contribution in [2.24, 2.45) is 0 Å². The van der Waals surface area contributed by atoms with Gasteiger partial charge in [0.05, 0.1) is 12.7 Å². The minimum Gasteiger partial charge on any atom is -0.489 e. The number of hydrogen-bond acceptors (Lipinski definition) is 4. The number of benzene rings is 2. The molecular formula is C20H25ClN2O3. The highest BCUT2D eigenvalue weighted by Gasteiger charge is 2.28. The lowest BCUT2D eigenvalue weighted by Crippen LogP contribution is -2.53. The number of carbonyl (C=O) groups excluding carboxylic acids is 1. The molecule has 0 aromatic heterocycles. The summed E-state index contributed by atoms with van der Waals surface area (Å²) in [5, 5.41) is 6.22. The third kappa shape index (κ3) is 4.97. The number of carbonyl (C=O) groups is 1. The van der Waals surface area contributed by atoms with Crippen LogP contribution in [0.5, 0.6) is 5.75 Å². The van der Waals surface area contributed by atoms with Crippen LogP contribution in [0.4, 0.5) is 5.69 Å². The summed E-state index contributed by atoms with van der Waals surface area (Å²) in [5.74, 6) is 0.755. The smallest absolute Gasteiger partial charge is 0.244 e. The van der Waals surface area contributed by atoms with Crippen LogP contribution in [0.15, 0.2) is 48.5 Å². The summed E-state index contributed by atoms with van der Waals surface area (Å²) in [6.07, 6.45) is -0.140. The molecule has 140 valence electrons. The molecule has 0 radical (unpaired) electrons. The fourth-order valence-corrected chi connectivity index (χ4v) is 2.89. The van der Waals surface area contributed by atoms with Crippen molar-refractivity contribution in [1.82, 2.24) is 5.32 Å². The van der Waals surface area contributed by atoms with Gasteiger partial charge < -0.3 is 20.1 Å². The molecule has 1 heterocycles. The summed E-state index contributed by atoms with van der Waals surface area (Å²) >= 11 is 0. The average molecular weight is 377 g/mol. The predicted octanol–water partition coefficient (Wildman–Crippen LogP) is 3.31. The van der Waals surface area contributed by atoms with Crippen LogP contribution in [0.3, 0.4) is 0 Å². The van der Waals surface area contributed by atoms with E-state index in [0.29, 0.717) is 19.8 Å². The number of amides is 1. The molecule has 2 N–H and O–H groups in total. The van der Waals surface area contributed by atoms with Gasteiger partial charge in [0, 0.05) is 12.2 Å². The van der Waals surface area contributed by atoms with E-state index in [-0.39, 0.29) is 30.5 Å². The van der Waals surface area contributed by atoms with Gasteiger partial charge in [0.15, 0.2) is 0 Å². The van der Waals surface area contributed by atoms with Gasteiger partial charge in [-0.2, -0.15) is 0 Å². The van der Waals surface area contributed by atoms with Crippen molar-refractivity contribution in [2.75, 3.05) is 18.5 Å². The maximum atomic E-state index is 12.5. The highest BCUT2D eigenvalue weighted by Crippen LogP contribution is 2.21. The zero-order valence-corrected chi connectivity index (χ0v) is 15.8. The van der Waals surface area contributed by atoms with Gasteiger partial charge in [0.1, 0.15) is 18.4 Å². The second-order valence-corrected chi connectivity index (χ2v) is 6.19. The molecule has 5 nitrogen and oxygen atoms in total. The van der Waals surface area contributed by atoms with Crippen molar-refractivity contribution in [3.05, 3.63) is 59.7 Å². The molecule has 2 aromatic carbocycles. The van der Waals surface area contributed by atoms with E-state index in [1.54, 1.807) is 0 Å². The summed E-state index contributed by atoms with van der Waals surface area (Å²) in [6.45, 7) is 5.68. The molecule has 0 unspecified atom stereocenters. The van der Waals surface area contributed by atoms with Gasteiger partial charge in [0.2, 0.25) is 5.91 Å². The lowest BCUT2D eigenvalue weighted by Gasteiger charge is -2.29. The van der Waals surface area contributed by atoms with Crippen molar-refractivity contribution in [1.29, 1.82) is 0 Å². The zero-order valence-electron chi connectivity index (χ0n) is 15.0. The van der Waals surface area contributed by atoms with E-state index in [1.807, 2.05) is 62.4 Å². The van der Waals surface area contributed by atoms with Crippen molar-refractivity contribution in [2.45, 2.75) is 32.6 Å². The predicted molar refractivity (Wildman–Crippen MR) is 105 cm³/mol. The Hall–Kier alpha value is -2.08. The first-order valence-corrected chi connectivity index (χ1v) is 8.57. The first-order chi connectivity index (χ1) is 12.1. The normalized spacial score (nSPS) is 19.3. The highest BCUT2D eigenvalue weighted by atomic mass is 35.5. The van der Waals surface area contributed by atoms with Crippen molar-refractivity contribution < 1.29 is 14.3 Å². The molecule has 1 saturated heterocycles. The molecule has 26 heavy (non-hydrogen) atoms. The van der Waals surface area contributed by atoms with Crippen molar-refractivity contribution in [3.8, 4) is 5.75 Å². The summed E-state index contributed by atoms with van der Waals surface area (Å²) in [6, 6.07) is 15.2. The maximum absolute atomic E-state index is 12.5. The van der Waals surface area contributed by atoms with E-state index >= 15 is 0 Å². The van der Waals surface area contributed by atoms with Gasteiger partial charge in [-0.25, -0.2) is 0 Å². The molecule has 0 saturated carbocycles. The fraction of sp³-hybridized carbons (Fsp3) is 0.350. The Morgan fingerprint density at radius 1 is 1.23 bits per heavy atom. The molecule has 2 atom stereocenters. The Morgan fingerprint density at radius 2 is 2.00 bits per heavy atom. The first kappa shape index (κ1) is 20.2. The zero-order chi connectivity index (χ0) is 17.6. The van der Waals surface area contributed by atoms with E-state index in [2.05, 4.69) is 10.6 Å². The number of anilines is 1. The number of hydrogen-bond donors (Lipinski definition) is 2. The number of morpholine rings is 1. The van der Waals surface area contributed by atoms with Crippen LogP contribution >= 0.6 is 12.4 Å². The van der Waals surface area contributed by atoms with Gasteiger partial charge in [-0.15, -0.1) is 12.4 Å². The molecule has 1 fully saturated rings. The Balaban J connectivity index is 0.00000243. The van der Waals surface area contributed by atoms with Crippen LogP contribution in [-0.4, -0.2) is 31.2 Å². The Labute approximate surface area is 160 Å². The summed E-state index contributed by atoms with van der Waals surface area (Å²) in [5.41, 5.74) is 2.86. The van der Waals surface area contributed by atoms with Crippen molar-refractivity contribution >= 4 is 24.0 Å². The maximum Gasteiger partial charge on any atom is 0.244 e. The van der Waals surface area contributed by atoms with Gasteiger partial charge in [-0.05, 0) is 43.2 Å². The number of halogens is 1. The van der Waals surface area contributed by atoms with Gasteiger partial charge in [-0.1, -0.05) is 30.3 Å². The molecule has 1 amide bonds. The standard InChI is InChI=1S/C20H24N2O3.ClH/c1-14-16(13-25-17-8-4-3-5-9-17)7-6-10-18(14)22-20(23)19-15(2)24-12-11-21-19;/h3-10,15,19,21H,11-13H2,1-2H3,(H,22,23);1H/t15-,19+;/m1./s1. The van der Waals surface area contributed by atoms with E-state index < -0.39 is 0 Å². The van der Waals surface area contributed by atoms with Gasteiger partial charge >= 0.3 is 0 Å². The molecule has 6 heteroatoms. The third-order valence-electron chi connectivity index (χ3n) is 4.44. The molecule has 0 spiro atoms.